The zero-order valence-electron chi connectivity index (χ0n) is 16.5. The number of hydrogen-bond donors (Lipinski definition) is 4. The van der Waals surface area contributed by atoms with Gasteiger partial charge >= 0.3 is 0 Å². The van der Waals surface area contributed by atoms with Gasteiger partial charge in [-0.3, -0.25) is 0 Å². The van der Waals surface area contributed by atoms with Crippen LogP contribution in [0, 0.1) is 5.82 Å². The quantitative estimate of drug-likeness (QED) is 0.468. The van der Waals surface area contributed by atoms with Crippen molar-refractivity contribution >= 4 is 22.9 Å². The maximum atomic E-state index is 13.5. The minimum atomic E-state index is -1.54. The molecule has 162 valence electrons. The van der Waals surface area contributed by atoms with Crippen LogP contribution in [0.4, 0.5) is 4.39 Å². The first-order valence-corrected chi connectivity index (χ1v) is 9.90. The van der Waals surface area contributed by atoms with Crippen molar-refractivity contribution in [2.75, 3.05) is 6.61 Å². The summed E-state index contributed by atoms with van der Waals surface area (Å²) in [5.74, 6) is 0.0357. The molecule has 0 aliphatic carbocycles. The first-order valence-electron chi connectivity index (χ1n) is 9.90. The Labute approximate surface area is 178 Å². The number of halogens is 1. The van der Waals surface area contributed by atoms with Crippen LogP contribution in [0.5, 0.6) is 5.75 Å². The third kappa shape index (κ3) is 4.46. The van der Waals surface area contributed by atoms with Crippen molar-refractivity contribution in [2.45, 2.75) is 30.7 Å². The molecule has 0 spiro atoms. The van der Waals surface area contributed by atoms with Crippen LogP contribution >= 0.6 is 0 Å². The summed E-state index contributed by atoms with van der Waals surface area (Å²) in [7, 11) is 0. The van der Waals surface area contributed by atoms with E-state index >= 15 is 0 Å². The summed E-state index contributed by atoms with van der Waals surface area (Å²) in [5, 5.41) is 41.5. The van der Waals surface area contributed by atoms with E-state index in [1.165, 1.54) is 12.1 Å². The average molecular weight is 426 g/mol. The van der Waals surface area contributed by atoms with Crippen LogP contribution in [-0.4, -0.2) is 57.7 Å². The van der Waals surface area contributed by atoms with Crippen LogP contribution in [-0.2, 0) is 4.74 Å². The minimum Gasteiger partial charge on any atom is -0.461 e. The Kier molecular flexibility index (Phi) is 6.31. The van der Waals surface area contributed by atoms with Crippen LogP contribution in [0.1, 0.15) is 11.1 Å². The van der Waals surface area contributed by atoms with Gasteiger partial charge in [0.05, 0.1) is 6.61 Å². The first kappa shape index (κ1) is 21.4. The average Bonchev–Trinajstić information content (AvgIpc) is 2.78. The third-order valence-corrected chi connectivity index (χ3v) is 5.30. The molecular weight excluding hydrogens is 403 g/mol. The number of aliphatic hydroxyl groups is 4. The van der Waals surface area contributed by atoms with Gasteiger partial charge < -0.3 is 29.9 Å². The van der Waals surface area contributed by atoms with E-state index in [0.717, 1.165) is 10.8 Å². The summed E-state index contributed by atoms with van der Waals surface area (Å²) in [6.45, 7) is -0.549. The van der Waals surface area contributed by atoms with Crippen LogP contribution in [0.15, 0.2) is 60.7 Å². The fraction of sp³-hybridized carbons (Fsp3) is 0.250. The lowest BCUT2D eigenvalue weighted by atomic mass is 9.99. The molecule has 1 aliphatic heterocycles. The standard InChI is InChI=1S/C24H23FO6/c25-17-6-3-4-14(12-17)8-9-16-11-10-15-5-1-2-7-18(15)23(16)31-24-22(29)21(28)20(27)19(13-26)30-24/h1-12,19-22,24,26-29H,13H2/b9-8+/t19-,20-,21+,22-,24?/m1/s1. The smallest absolute Gasteiger partial charge is 0.229 e. The number of rotatable bonds is 5. The van der Waals surface area contributed by atoms with Crippen molar-refractivity contribution < 1.29 is 34.3 Å². The zero-order valence-corrected chi connectivity index (χ0v) is 16.5. The molecule has 31 heavy (non-hydrogen) atoms. The van der Waals surface area contributed by atoms with Gasteiger partial charge in [0, 0.05) is 10.9 Å². The van der Waals surface area contributed by atoms with Gasteiger partial charge in [0.25, 0.3) is 0 Å². The Bertz CT molecular complexity index is 1080. The Balaban J connectivity index is 1.72. The monoisotopic (exact) mass is 426 g/mol. The van der Waals surface area contributed by atoms with Crippen molar-refractivity contribution in [2.24, 2.45) is 0 Å². The van der Waals surface area contributed by atoms with Gasteiger partial charge in [-0.15, -0.1) is 0 Å². The molecule has 1 saturated heterocycles. The number of ether oxygens (including phenoxy) is 2. The van der Waals surface area contributed by atoms with E-state index in [4.69, 9.17) is 9.47 Å². The summed E-state index contributed by atoms with van der Waals surface area (Å²) in [6, 6.07) is 17.3. The second-order valence-electron chi connectivity index (χ2n) is 7.41. The van der Waals surface area contributed by atoms with Crippen LogP contribution in [0.3, 0.4) is 0 Å². The maximum absolute atomic E-state index is 13.5. The number of fused-ring (bicyclic) bond motifs is 1. The van der Waals surface area contributed by atoms with E-state index < -0.39 is 37.3 Å². The molecule has 7 heteroatoms. The molecule has 1 fully saturated rings. The highest BCUT2D eigenvalue weighted by Crippen LogP contribution is 2.34. The molecule has 4 rings (SSSR count). The molecule has 5 atom stereocenters. The predicted molar refractivity (Wildman–Crippen MR) is 114 cm³/mol. The van der Waals surface area contributed by atoms with Gasteiger partial charge in [0.2, 0.25) is 6.29 Å². The fourth-order valence-corrected chi connectivity index (χ4v) is 3.60. The Morgan fingerprint density at radius 3 is 2.48 bits per heavy atom. The molecule has 3 aromatic rings. The van der Waals surface area contributed by atoms with E-state index in [9.17, 15) is 24.8 Å². The van der Waals surface area contributed by atoms with Gasteiger partial charge in [-0.25, -0.2) is 4.39 Å². The zero-order chi connectivity index (χ0) is 22.0. The SMILES string of the molecule is OC[C@H]1OC(Oc2c(/C=C/c3cccc(F)c3)ccc3ccccc23)[C@H](O)[C@@H](O)[C@@H]1O. The molecule has 0 aromatic heterocycles. The van der Waals surface area contributed by atoms with Gasteiger partial charge in [0.15, 0.2) is 0 Å². The second-order valence-corrected chi connectivity index (χ2v) is 7.41. The molecular formula is C24H23FO6. The van der Waals surface area contributed by atoms with Crippen molar-refractivity contribution in [3.63, 3.8) is 0 Å². The molecule has 1 unspecified atom stereocenters. The molecule has 4 N–H and O–H groups in total. The van der Waals surface area contributed by atoms with Crippen LogP contribution < -0.4 is 4.74 Å². The normalized spacial score (nSPS) is 26.4. The van der Waals surface area contributed by atoms with Gasteiger partial charge in [-0.05, 0) is 23.1 Å². The van der Waals surface area contributed by atoms with Crippen molar-refractivity contribution in [3.05, 3.63) is 77.6 Å². The van der Waals surface area contributed by atoms with E-state index in [1.807, 2.05) is 36.4 Å². The summed E-state index contributed by atoms with van der Waals surface area (Å²) >= 11 is 0. The van der Waals surface area contributed by atoms with Crippen molar-refractivity contribution in [1.82, 2.24) is 0 Å². The Morgan fingerprint density at radius 2 is 1.71 bits per heavy atom. The third-order valence-electron chi connectivity index (χ3n) is 5.30. The summed E-state index contributed by atoms with van der Waals surface area (Å²) in [6.07, 6.45) is -3.46. The molecule has 1 heterocycles. The highest BCUT2D eigenvalue weighted by molar-refractivity contribution is 5.93. The van der Waals surface area contributed by atoms with Gasteiger partial charge in [-0.1, -0.05) is 60.7 Å². The van der Waals surface area contributed by atoms with Gasteiger partial charge in [-0.2, -0.15) is 0 Å². The van der Waals surface area contributed by atoms with Crippen LogP contribution in [0.2, 0.25) is 0 Å². The highest BCUT2D eigenvalue weighted by atomic mass is 19.1. The Hall–Kier alpha value is -2.81. The van der Waals surface area contributed by atoms with Crippen LogP contribution in [0.25, 0.3) is 22.9 Å². The molecule has 6 nitrogen and oxygen atoms in total. The Morgan fingerprint density at radius 1 is 0.903 bits per heavy atom. The number of benzene rings is 3. The minimum absolute atomic E-state index is 0.349. The largest absolute Gasteiger partial charge is 0.461 e. The van der Waals surface area contributed by atoms with E-state index in [0.29, 0.717) is 16.9 Å². The van der Waals surface area contributed by atoms with E-state index in [2.05, 4.69) is 0 Å². The first-order chi connectivity index (χ1) is 15.0. The maximum Gasteiger partial charge on any atom is 0.229 e. The highest BCUT2D eigenvalue weighted by Gasteiger charge is 2.45. The molecule has 0 amide bonds. The molecule has 3 aromatic carbocycles. The molecule has 0 bridgehead atoms. The summed E-state index contributed by atoms with van der Waals surface area (Å²) in [5.41, 5.74) is 1.30. The molecule has 0 radical (unpaired) electrons. The number of hydrogen-bond acceptors (Lipinski definition) is 6. The summed E-state index contributed by atoms with van der Waals surface area (Å²) in [4.78, 5) is 0. The lowest BCUT2D eigenvalue weighted by molar-refractivity contribution is -0.277. The number of aliphatic hydroxyl groups excluding tert-OH is 4. The molecule has 0 saturated carbocycles. The predicted octanol–water partition coefficient (Wildman–Crippen LogP) is 2.33. The van der Waals surface area contributed by atoms with Crippen molar-refractivity contribution in [1.29, 1.82) is 0 Å². The second kappa shape index (κ2) is 9.13. The van der Waals surface area contributed by atoms with E-state index in [1.54, 1.807) is 24.3 Å². The van der Waals surface area contributed by atoms with E-state index in [-0.39, 0.29) is 5.82 Å². The van der Waals surface area contributed by atoms with Crippen molar-refractivity contribution in [3.8, 4) is 5.75 Å². The fourth-order valence-electron chi connectivity index (χ4n) is 3.60. The summed E-state index contributed by atoms with van der Waals surface area (Å²) < 4.78 is 25.0. The topological polar surface area (TPSA) is 99.4 Å². The lowest BCUT2D eigenvalue weighted by Gasteiger charge is -2.39. The lowest BCUT2D eigenvalue weighted by Crippen LogP contribution is -2.60. The van der Waals surface area contributed by atoms with Gasteiger partial charge in [0.1, 0.15) is 36.0 Å². The molecule has 1 aliphatic rings.